The molecule has 1 aromatic carbocycles. The molecule has 3 nitrogen and oxygen atoms in total. The van der Waals surface area contributed by atoms with Crippen molar-refractivity contribution in [2.45, 2.75) is 37.8 Å². The van der Waals surface area contributed by atoms with E-state index in [1.54, 1.807) is 12.1 Å². The fraction of sp³-hybridized carbons (Fsp3) is 0.571. The first-order valence-corrected chi connectivity index (χ1v) is 6.23. The first-order chi connectivity index (χ1) is 8.45. The summed E-state index contributed by atoms with van der Waals surface area (Å²) in [5, 5.41) is 13.0. The second-order valence-corrected chi connectivity index (χ2v) is 5.61. The molecule has 0 radical (unpaired) electrons. The number of nitrogens with one attached hydrogen (secondary N) is 1. The van der Waals surface area contributed by atoms with Crippen LogP contribution >= 0.6 is 0 Å². The Balaban J connectivity index is 2.15. The van der Waals surface area contributed by atoms with E-state index in [1.807, 2.05) is 13.8 Å². The molecule has 1 saturated heterocycles. The summed E-state index contributed by atoms with van der Waals surface area (Å²) < 4.78 is 18.5. The monoisotopic (exact) mass is 253 g/mol. The van der Waals surface area contributed by atoms with Crippen LogP contribution in [0.4, 0.5) is 10.1 Å². The third-order valence-electron chi connectivity index (χ3n) is 3.39. The summed E-state index contributed by atoms with van der Waals surface area (Å²) in [7, 11) is 0. The molecule has 0 aliphatic carbocycles. The largest absolute Gasteiger partial charge is 0.394 e. The highest BCUT2D eigenvalue weighted by molar-refractivity contribution is 5.46. The Bertz CT molecular complexity index is 405. The minimum Gasteiger partial charge on any atom is -0.394 e. The van der Waals surface area contributed by atoms with Crippen LogP contribution in [0.1, 0.15) is 26.7 Å². The van der Waals surface area contributed by atoms with Crippen molar-refractivity contribution in [2.75, 3.05) is 18.5 Å². The van der Waals surface area contributed by atoms with Crippen molar-refractivity contribution in [1.82, 2.24) is 0 Å². The Labute approximate surface area is 107 Å². The molecule has 0 saturated carbocycles. The van der Waals surface area contributed by atoms with Crippen molar-refractivity contribution >= 4 is 5.69 Å². The van der Waals surface area contributed by atoms with Crippen LogP contribution in [0, 0.1) is 5.82 Å². The maximum atomic E-state index is 12.9. The molecule has 18 heavy (non-hydrogen) atoms. The average Bonchev–Trinajstić information content (AvgIpc) is 2.31. The Morgan fingerprint density at radius 3 is 2.56 bits per heavy atom. The molecule has 1 aliphatic rings. The van der Waals surface area contributed by atoms with E-state index < -0.39 is 0 Å². The first-order valence-electron chi connectivity index (χ1n) is 6.23. The van der Waals surface area contributed by atoms with Gasteiger partial charge in [-0.15, -0.1) is 0 Å². The fourth-order valence-corrected chi connectivity index (χ4v) is 2.60. The van der Waals surface area contributed by atoms with Crippen LogP contribution < -0.4 is 5.32 Å². The molecule has 2 N–H and O–H groups in total. The molecule has 1 aromatic rings. The van der Waals surface area contributed by atoms with Crippen LogP contribution in [-0.2, 0) is 4.74 Å². The number of halogens is 1. The van der Waals surface area contributed by atoms with Gasteiger partial charge in [0.25, 0.3) is 0 Å². The van der Waals surface area contributed by atoms with Gasteiger partial charge in [-0.2, -0.15) is 0 Å². The predicted molar refractivity (Wildman–Crippen MR) is 69.1 cm³/mol. The molecule has 1 atom stereocenters. The van der Waals surface area contributed by atoms with E-state index in [-0.39, 0.29) is 23.6 Å². The molecular weight excluding hydrogens is 233 g/mol. The van der Waals surface area contributed by atoms with Gasteiger partial charge in [-0.3, -0.25) is 0 Å². The van der Waals surface area contributed by atoms with Crippen LogP contribution in [0.25, 0.3) is 0 Å². The second-order valence-electron chi connectivity index (χ2n) is 5.61. The Hall–Kier alpha value is -1.13. The van der Waals surface area contributed by atoms with Gasteiger partial charge in [0, 0.05) is 18.7 Å². The normalized spacial score (nSPS) is 26.9. The van der Waals surface area contributed by atoms with Crippen LogP contribution in [0.3, 0.4) is 0 Å². The van der Waals surface area contributed by atoms with E-state index in [4.69, 9.17) is 4.74 Å². The van der Waals surface area contributed by atoms with Crippen molar-refractivity contribution in [3.8, 4) is 0 Å². The zero-order chi connectivity index (χ0) is 13.2. The number of anilines is 1. The van der Waals surface area contributed by atoms with Gasteiger partial charge in [0.05, 0.1) is 17.7 Å². The molecule has 0 bridgehead atoms. The fourth-order valence-electron chi connectivity index (χ4n) is 2.60. The Morgan fingerprint density at radius 1 is 1.33 bits per heavy atom. The van der Waals surface area contributed by atoms with E-state index in [0.29, 0.717) is 13.0 Å². The molecule has 4 heteroatoms. The summed E-state index contributed by atoms with van der Waals surface area (Å²) in [5.74, 6) is -0.258. The first kappa shape index (κ1) is 13.3. The van der Waals surface area contributed by atoms with Crippen LogP contribution in [0.15, 0.2) is 24.3 Å². The van der Waals surface area contributed by atoms with Gasteiger partial charge in [0.2, 0.25) is 0 Å². The van der Waals surface area contributed by atoms with E-state index in [2.05, 4.69) is 5.32 Å². The summed E-state index contributed by atoms with van der Waals surface area (Å²) in [6.07, 6.45) is 1.46. The molecule has 1 fully saturated rings. The SMILES string of the molecule is CC1(C)CC(CO)(Nc2ccc(F)cc2)CCO1. The Kier molecular flexibility index (Phi) is 3.59. The highest BCUT2D eigenvalue weighted by Crippen LogP contribution is 2.34. The molecule has 1 heterocycles. The zero-order valence-corrected chi connectivity index (χ0v) is 10.9. The molecule has 0 amide bonds. The number of aliphatic hydroxyl groups excluding tert-OH is 1. The maximum Gasteiger partial charge on any atom is 0.123 e. The summed E-state index contributed by atoms with van der Waals surface area (Å²) in [4.78, 5) is 0. The quantitative estimate of drug-likeness (QED) is 0.870. The van der Waals surface area contributed by atoms with Crippen molar-refractivity contribution in [1.29, 1.82) is 0 Å². The Morgan fingerprint density at radius 2 is 2.00 bits per heavy atom. The number of benzene rings is 1. The highest BCUT2D eigenvalue weighted by Gasteiger charge is 2.40. The lowest BCUT2D eigenvalue weighted by Crippen LogP contribution is -2.53. The van der Waals surface area contributed by atoms with Crippen molar-refractivity contribution in [3.63, 3.8) is 0 Å². The summed E-state index contributed by atoms with van der Waals surface area (Å²) >= 11 is 0. The molecule has 0 spiro atoms. The highest BCUT2D eigenvalue weighted by atomic mass is 19.1. The maximum absolute atomic E-state index is 12.9. The van der Waals surface area contributed by atoms with Crippen molar-refractivity contribution in [3.05, 3.63) is 30.1 Å². The molecule has 1 aliphatic heterocycles. The minimum atomic E-state index is -0.389. The van der Waals surface area contributed by atoms with Gasteiger partial charge in [0.1, 0.15) is 5.82 Å². The predicted octanol–water partition coefficient (Wildman–Crippen LogP) is 2.56. The number of rotatable bonds is 3. The lowest BCUT2D eigenvalue weighted by Gasteiger charge is -2.44. The summed E-state index contributed by atoms with van der Waals surface area (Å²) in [6.45, 7) is 4.69. The number of hydrogen-bond donors (Lipinski definition) is 2. The molecule has 100 valence electrons. The lowest BCUT2D eigenvalue weighted by molar-refractivity contribution is -0.0838. The van der Waals surface area contributed by atoms with Gasteiger partial charge >= 0.3 is 0 Å². The van der Waals surface area contributed by atoms with Gasteiger partial charge < -0.3 is 15.2 Å². The average molecular weight is 253 g/mol. The van der Waals surface area contributed by atoms with E-state index in [0.717, 1.165) is 12.1 Å². The molecule has 1 unspecified atom stereocenters. The van der Waals surface area contributed by atoms with Gasteiger partial charge in [-0.25, -0.2) is 4.39 Å². The number of aliphatic hydroxyl groups is 1. The van der Waals surface area contributed by atoms with E-state index in [9.17, 15) is 9.50 Å². The van der Waals surface area contributed by atoms with Crippen molar-refractivity contribution < 1.29 is 14.2 Å². The number of ether oxygens (including phenoxy) is 1. The second kappa shape index (κ2) is 4.86. The van der Waals surface area contributed by atoms with Crippen LogP contribution in [-0.4, -0.2) is 29.5 Å². The van der Waals surface area contributed by atoms with Gasteiger partial charge in [-0.05, 0) is 44.5 Å². The third kappa shape index (κ3) is 3.00. The van der Waals surface area contributed by atoms with Gasteiger partial charge in [-0.1, -0.05) is 0 Å². The van der Waals surface area contributed by atoms with E-state index >= 15 is 0 Å². The zero-order valence-electron chi connectivity index (χ0n) is 10.9. The minimum absolute atomic E-state index is 0.0389. The summed E-state index contributed by atoms with van der Waals surface area (Å²) in [6, 6.07) is 6.21. The standard InChI is InChI=1S/C14H20FNO2/c1-13(2)9-14(10-17,7-8-18-13)16-12-5-3-11(15)4-6-12/h3-6,16-17H,7-10H2,1-2H3. The molecule has 2 rings (SSSR count). The topological polar surface area (TPSA) is 41.5 Å². The number of hydrogen-bond acceptors (Lipinski definition) is 3. The van der Waals surface area contributed by atoms with Gasteiger partial charge in [0.15, 0.2) is 0 Å². The van der Waals surface area contributed by atoms with Crippen LogP contribution in [0.2, 0.25) is 0 Å². The van der Waals surface area contributed by atoms with Crippen LogP contribution in [0.5, 0.6) is 0 Å². The van der Waals surface area contributed by atoms with E-state index in [1.165, 1.54) is 12.1 Å². The third-order valence-corrected chi connectivity index (χ3v) is 3.39. The molecule has 0 aromatic heterocycles. The van der Waals surface area contributed by atoms with Crippen molar-refractivity contribution in [2.24, 2.45) is 0 Å². The smallest absolute Gasteiger partial charge is 0.123 e. The molecular formula is C14H20FNO2. The summed E-state index contributed by atoms with van der Waals surface area (Å²) in [5.41, 5.74) is 0.177. The lowest BCUT2D eigenvalue weighted by atomic mass is 9.81.